The average Bonchev–Trinajstić information content (AvgIpc) is 3.23. The summed E-state index contributed by atoms with van der Waals surface area (Å²) in [5, 5.41) is 14.2. The van der Waals surface area contributed by atoms with Gasteiger partial charge in [-0.05, 0) is 37.0 Å². The molecule has 0 saturated carbocycles. The van der Waals surface area contributed by atoms with Crippen LogP contribution in [0.1, 0.15) is 50.7 Å². The molecule has 1 aliphatic heterocycles. The summed E-state index contributed by atoms with van der Waals surface area (Å²) in [6, 6.07) is 15.6. The fourth-order valence-corrected chi connectivity index (χ4v) is 5.35. The molecule has 0 radical (unpaired) electrons. The van der Waals surface area contributed by atoms with Crippen molar-refractivity contribution in [3.05, 3.63) is 59.8 Å². The predicted molar refractivity (Wildman–Crippen MR) is 159 cm³/mol. The molecule has 0 aliphatic carbocycles. The first-order chi connectivity index (χ1) is 19.0. The van der Waals surface area contributed by atoms with Crippen molar-refractivity contribution in [1.29, 1.82) is 0 Å². The molecule has 40 heavy (non-hydrogen) atoms. The number of amides is 3. The molecular formula is C32H44N4O4. The number of aryl methyl sites for hydroxylation is 1. The van der Waals surface area contributed by atoms with E-state index in [2.05, 4.69) is 25.2 Å². The van der Waals surface area contributed by atoms with Crippen LogP contribution < -0.4 is 5.32 Å². The van der Waals surface area contributed by atoms with Crippen LogP contribution in [-0.2, 0) is 18.4 Å². The van der Waals surface area contributed by atoms with Gasteiger partial charge in [0.15, 0.2) is 0 Å². The maximum atomic E-state index is 14.4. The van der Waals surface area contributed by atoms with Crippen LogP contribution in [-0.4, -0.2) is 76.3 Å². The number of carbonyl (C=O) groups excluding carboxylic acids is 2. The largest absolute Gasteiger partial charge is 0.394 e. The molecule has 8 heteroatoms. The minimum absolute atomic E-state index is 0.0413. The molecular weight excluding hydrogens is 504 g/mol. The molecule has 8 nitrogen and oxygen atoms in total. The molecule has 0 bridgehead atoms. The third-order valence-electron chi connectivity index (χ3n) is 8.38. The van der Waals surface area contributed by atoms with E-state index in [-0.39, 0.29) is 36.6 Å². The molecule has 0 fully saturated rings. The third-order valence-corrected chi connectivity index (χ3v) is 8.38. The predicted octanol–water partition coefficient (Wildman–Crippen LogP) is 4.89. The monoisotopic (exact) mass is 548 g/mol. The summed E-state index contributed by atoms with van der Waals surface area (Å²) in [4.78, 5) is 30.8. The van der Waals surface area contributed by atoms with Crippen molar-refractivity contribution in [2.45, 2.75) is 59.4 Å². The number of hydrogen-bond donors (Lipinski definition) is 2. The number of benzene rings is 2. The molecule has 0 saturated heterocycles. The van der Waals surface area contributed by atoms with Gasteiger partial charge < -0.3 is 29.5 Å². The highest BCUT2D eigenvalue weighted by molar-refractivity contribution is 6.10. The van der Waals surface area contributed by atoms with Gasteiger partial charge in [0.05, 0.1) is 25.4 Å². The maximum absolute atomic E-state index is 14.4. The standard InChI is InChI=1S/C32H44N4O4/c1-20(2)23(5)33-32(39)34(6)17-28-21(3)16-36(22(4)18-37)31(38)30-29(25-13-9-8-12-24(25)19-40-28)26-14-10-11-15-27(26)35(30)7/h8-15,20-23,28,37H,16-19H2,1-7H3,(H,33,39)/t21-,22-,23-,28-/m0/s1. The summed E-state index contributed by atoms with van der Waals surface area (Å²) >= 11 is 0. The van der Waals surface area contributed by atoms with Crippen molar-refractivity contribution < 1.29 is 19.4 Å². The number of carbonyl (C=O) groups is 2. The third kappa shape index (κ3) is 5.88. The second kappa shape index (κ2) is 12.4. The highest BCUT2D eigenvalue weighted by Gasteiger charge is 2.34. The number of hydrogen-bond acceptors (Lipinski definition) is 4. The second-order valence-electron chi connectivity index (χ2n) is 11.6. The fourth-order valence-electron chi connectivity index (χ4n) is 5.35. The highest BCUT2D eigenvalue weighted by Crippen LogP contribution is 2.38. The number of ether oxygens (including phenoxy) is 1. The first-order valence-electron chi connectivity index (χ1n) is 14.3. The van der Waals surface area contributed by atoms with Crippen molar-refractivity contribution in [1.82, 2.24) is 19.7 Å². The number of aliphatic hydroxyl groups excluding tert-OH is 1. The SMILES string of the molecule is CC(C)[C@H](C)NC(=O)N(C)C[C@@H]1OCc2ccccc2-c2c(n(C)c3ccccc23)C(=O)N([C@@H](C)CO)C[C@@H]1C. The average molecular weight is 549 g/mol. The molecule has 3 aromatic rings. The Morgan fingerprint density at radius 1 is 1.12 bits per heavy atom. The lowest BCUT2D eigenvalue weighted by atomic mass is 9.96. The van der Waals surface area contributed by atoms with Crippen LogP contribution in [0.15, 0.2) is 48.5 Å². The molecule has 2 heterocycles. The first kappa shape index (κ1) is 29.6. The Morgan fingerprint density at radius 3 is 2.50 bits per heavy atom. The molecule has 2 aromatic carbocycles. The molecule has 0 spiro atoms. The van der Waals surface area contributed by atoms with Crippen LogP contribution in [0.25, 0.3) is 22.0 Å². The van der Waals surface area contributed by atoms with Crippen LogP contribution in [0.5, 0.6) is 0 Å². The fraction of sp³-hybridized carbons (Fsp3) is 0.500. The molecule has 1 aromatic heterocycles. The zero-order chi connectivity index (χ0) is 29.1. The summed E-state index contributed by atoms with van der Waals surface area (Å²) in [5.41, 5.74) is 4.37. The van der Waals surface area contributed by atoms with Gasteiger partial charge in [0, 0.05) is 55.6 Å². The summed E-state index contributed by atoms with van der Waals surface area (Å²) in [7, 11) is 3.70. The lowest BCUT2D eigenvalue weighted by Gasteiger charge is -2.35. The Labute approximate surface area is 237 Å². The number of nitrogens with zero attached hydrogens (tertiary/aromatic N) is 3. The lowest BCUT2D eigenvalue weighted by Crippen LogP contribution is -2.50. The van der Waals surface area contributed by atoms with E-state index in [0.29, 0.717) is 31.3 Å². The normalized spacial score (nSPS) is 19.5. The number of urea groups is 1. The molecule has 4 rings (SSSR count). The van der Waals surface area contributed by atoms with Crippen molar-refractivity contribution >= 4 is 22.8 Å². The number of nitrogens with one attached hydrogen (secondary N) is 1. The van der Waals surface area contributed by atoms with Crippen molar-refractivity contribution in [2.75, 3.05) is 26.7 Å². The van der Waals surface area contributed by atoms with Crippen molar-refractivity contribution in [2.24, 2.45) is 18.9 Å². The van der Waals surface area contributed by atoms with Crippen molar-refractivity contribution in [3.8, 4) is 11.1 Å². The van der Waals surface area contributed by atoms with E-state index in [4.69, 9.17) is 4.74 Å². The number of rotatable bonds is 6. The summed E-state index contributed by atoms with van der Waals surface area (Å²) in [5.74, 6) is 0.0761. The zero-order valence-electron chi connectivity index (χ0n) is 24.8. The van der Waals surface area contributed by atoms with Gasteiger partial charge in [-0.1, -0.05) is 63.2 Å². The van der Waals surface area contributed by atoms with Gasteiger partial charge in [0.2, 0.25) is 0 Å². The van der Waals surface area contributed by atoms with E-state index < -0.39 is 6.04 Å². The summed E-state index contributed by atoms with van der Waals surface area (Å²) in [6.07, 6.45) is -0.336. The van der Waals surface area contributed by atoms with Crippen LogP contribution >= 0.6 is 0 Å². The van der Waals surface area contributed by atoms with E-state index in [0.717, 1.165) is 27.6 Å². The van der Waals surface area contributed by atoms with Crippen LogP contribution in [0.4, 0.5) is 4.79 Å². The quantitative estimate of drug-likeness (QED) is 0.459. The smallest absolute Gasteiger partial charge is 0.317 e. The van der Waals surface area contributed by atoms with E-state index >= 15 is 0 Å². The Balaban J connectivity index is 1.79. The minimum Gasteiger partial charge on any atom is -0.394 e. The number of fused-ring (bicyclic) bond motifs is 5. The van der Waals surface area contributed by atoms with Crippen molar-refractivity contribution in [3.63, 3.8) is 0 Å². The minimum atomic E-state index is -0.398. The molecule has 2 N–H and O–H groups in total. The Morgan fingerprint density at radius 2 is 1.80 bits per heavy atom. The number of aromatic nitrogens is 1. The molecule has 4 atom stereocenters. The van der Waals surface area contributed by atoms with Crippen LogP contribution in [0, 0.1) is 11.8 Å². The molecule has 3 amide bonds. The molecule has 1 aliphatic rings. The van der Waals surface area contributed by atoms with Gasteiger partial charge in [-0.3, -0.25) is 4.79 Å². The Kier molecular flexibility index (Phi) is 9.21. The second-order valence-corrected chi connectivity index (χ2v) is 11.6. The van der Waals surface area contributed by atoms with Gasteiger partial charge in [-0.2, -0.15) is 0 Å². The van der Waals surface area contributed by atoms with Gasteiger partial charge in [0.1, 0.15) is 5.69 Å². The van der Waals surface area contributed by atoms with E-state index in [1.165, 1.54) is 0 Å². The van der Waals surface area contributed by atoms with Crippen LogP contribution in [0.3, 0.4) is 0 Å². The summed E-state index contributed by atoms with van der Waals surface area (Å²) in [6.45, 7) is 11.0. The number of aliphatic hydroxyl groups is 1. The van der Waals surface area contributed by atoms with E-state index in [1.807, 2.05) is 74.9 Å². The summed E-state index contributed by atoms with van der Waals surface area (Å²) < 4.78 is 8.56. The van der Waals surface area contributed by atoms with Gasteiger partial charge in [-0.25, -0.2) is 4.79 Å². The lowest BCUT2D eigenvalue weighted by molar-refractivity contribution is -0.0186. The Hall–Kier alpha value is -3.36. The number of para-hydroxylation sites is 1. The van der Waals surface area contributed by atoms with Gasteiger partial charge in [-0.15, -0.1) is 0 Å². The topological polar surface area (TPSA) is 87.0 Å². The van der Waals surface area contributed by atoms with Gasteiger partial charge >= 0.3 is 6.03 Å². The molecule has 216 valence electrons. The van der Waals surface area contributed by atoms with Crippen LogP contribution in [0.2, 0.25) is 0 Å². The van der Waals surface area contributed by atoms with E-state index in [1.54, 1.807) is 16.8 Å². The highest BCUT2D eigenvalue weighted by atomic mass is 16.5. The van der Waals surface area contributed by atoms with Gasteiger partial charge in [0.25, 0.3) is 5.91 Å². The zero-order valence-corrected chi connectivity index (χ0v) is 24.8. The first-order valence-corrected chi connectivity index (χ1v) is 14.3. The van der Waals surface area contributed by atoms with E-state index in [9.17, 15) is 14.7 Å². The molecule has 0 unspecified atom stereocenters. The Bertz CT molecular complexity index is 1350. The maximum Gasteiger partial charge on any atom is 0.317 e. The number of likely N-dealkylation sites (N-methyl/N-ethyl adjacent to an activating group) is 1.